The molecule has 2 aliphatic rings. The Bertz CT molecular complexity index is 1390. The molecule has 0 spiro atoms. The number of hydrogen-bond donors (Lipinski definition) is 3. The van der Waals surface area contributed by atoms with Gasteiger partial charge in [0.15, 0.2) is 0 Å². The Balaban J connectivity index is 1.15. The lowest BCUT2D eigenvalue weighted by molar-refractivity contribution is -0.136. The lowest BCUT2D eigenvalue weighted by Crippen LogP contribution is -2.52. The average Bonchev–Trinajstić information content (AvgIpc) is 3.24. The molecule has 1 saturated heterocycles. The third-order valence-electron chi connectivity index (χ3n) is 6.45. The summed E-state index contributed by atoms with van der Waals surface area (Å²) in [7, 11) is 0. The van der Waals surface area contributed by atoms with Gasteiger partial charge in [-0.1, -0.05) is 36.4 Å². The van der Waals surface area contributed by atoms with E-state index in [0.717, 1.165) is 5.56 Å². The van der Waals surface area contributed by atoms with Gasteiger partial charge in [-0.15, -0.1) is 0 Å². The first kappa shape index (κ1) is 24.9. The Kier molecular flexibility index (Phi) is 7.03. The SMILES string of the molecule is O=C1CCC(N2Cc3cc(CNC(=O)Nc4ccc(OCc5ccccc5)cc4)cc(F)c3C2=O)C(=O)N1. The monoisotopic (exact) mass is 516 g/mol. The summed E-state index contributed by atoms with van der Waals surface area (Å²) in [5.74, 6) is -1.59. The number of piperidine rings is 1. The quantitative estimate of drug-likeness (QED) is 0.416. The van der Waals surface area contributed by atoms with E-state index in [-0.39, 0.29) is 37.4 Å². The minimum atomic E-state index is -0.825. The minimum absolute atomic E-state index is 0.0287. The molecule has 0 bridgehead atoms. The van der Waals surface area contributed by atoms with Crippen molar-refractivity contribution < 1.29 is 28.3 Å². The van der Waals surface area contributed by atoms with Gasteiger partial charge in [0.05, 0.1) is 5.56 Å². The van der Waals surface area contributed by atoms with Crippen LogP contribution in [0.25, 0.3) is 0 Å². The van der Waals surface area contributed by atoms with Gasteiger partial charge in [0, 0.05) is 25.2 Å². The maximum Gasteiger partial charge on any atom is 0.319 e. The number of nitrogens with zero attached hydrogens (tertiary/aromatic N) is 1. The van der Waals surface area contributed by atoms with Gasteiger partial charge in [0.2, 0.25) is 11.8 Å². The molecule has 3 N–H and O–H groups in total. The van der Waals surface area contributed by atoms with E-state index >= 15 is 0 Å². The van der Waals surface area contributed by atoms with Gasteiger partial charge >= 0.3 is 6.03 Å². The predicted octanol–water partition coefficient (Wildman–Crippen LogP) is 3.49. The maximum atomic E-state index is 14.8. The molecule has 1 unspecified atom stereocenters. The van der Waals surface area contributed by atoms with Gasteiger partial charge in [-0.25, -0.2) is 9.18 Å². The van der Waals surface area contributed by atoms with Crippen LogP contribution >= 0.6 is 0 Å². The van der Waals surface area contributed by atoms with Crippen LogP contribution in [0, 0.1) is 5.82 Å². The summed E-state index contributed by atoms with van der Waals surface area (Å²) in [4.78, 5) is 50.1. The van der Waals surface area contributed by atoms with Crippen LogP contribution in [-0.2, 0) is 29.3 Å². The topological polar surface area (TPSA) is 117 Å². The summed E-state index contributed by atoms with van der Waals surface area (Å²) < 4.78 is 20.6. The fraction of sp³-hybridized carbons (Fsp3) is 0.214. The van der Waals surface area contributed by atoms with Gasteiger partial charge in [-0.05, 0) is 53.4 Å². The highest BCUT2D eigenvalue weighted by molar-refractivity contribution is 6.05. The fourth-order valence-electron chi connectivity index (χ4n) is 4.56. The molecule has 5 rings (SSSR count). The van der Waals surface area contributed by atoms with E-state index in [9.17, 15) is 23.6 Å². The molecule has 1 atom stereocenters. The van der Waals surface area contributed by atoms with Crippen molar-refractivity contribution in [3.8, 4) is 5.75 Å². The number of imide groups is 1. The van der Waals surface area contributed by atoms with E-state index in [4.69, 9.17) is 4.74 Å². The van der Waals surface area contributed by atoms with Crippen molar-refractivity contribution in [2.24, 2.45) is 0 Å². The Morgan fingerprint density at radius 3 is 2.53 bits per heavy atom. The molecule has 3 aromatic rings. The molecule has 2 aliphatic heterocycles. The van der Waals surface area contributed by atoms with Crippen LogP contribution in [0.15, 0.2) is 66.7 Å². The molecule has 1 fully saturated rings. The van der Waals surface area contributed by atoms with E-state index in [0.29, 0.717) is 29.2 Å². The summed E-state index contributed by atoms with van der Waals surface area (Å²) in [6.07, 6.45) is 0.313. The number of benzene rings is 3. The van der Waals surface area contributed by atoms with Crippen molar-refractivity contribution >= 4 is 29.4 Å². The van der Waals surface area contributed by atoms with Crippen LogP contribution in [-0.4, -0.2) is 34.7 Å². The van der Waals surface area contributed by atoms with E-state index in [1.807, 2.05) is 30.3 Å². The highest BCUT2D eigenvalue weighted by atomic mass is 19.1. The molecule has 2 heterocycles. The third kappa shape index (κ3) is 5.49. The van der Waals surface area contributed by atoms with Crippen LogP contribution in [0.5, 0.6) is 5.75 Å². The largest absolute Gasteiger partial charge is 0.489 e. The van der Waals surface area contributed by atoms with Crippen molar-refractivity contribution in [1.29, 1.82) is 0 Å². The van der Waals surface area contributed by atoms with Crippen molar-refractivity contribution in [1.82, 2.24) is 15.5 Å². The van der Waals surface area contributed by atoms with Crippen LogP contribution in [0.2, 0.25) is 0 Å². The number of hydrogen-bond acceptors (Lipinski definition) is 5. The lowest BCUT2D eigenvalue weighted by Gasteiger charge is -2.29. The Morgan fingerprint density at radius 1 is 1.03 bits per heavy atom. The van der Waals surface area contributed by atoms with E-state index < -0.39 is 29.7 Å². The summed E-state index contributed by atoms with van der Waals surface area (Å²) in [5, 5.41) is 7.61. The van der Waals surface area contributed by atoms with E-state index in [2.05, 4.69) is 16.0 Å². The Labute approximate surface area is 218 Å². The number of carbonyl (C=O) groups is 4. The zero-order valence-corrected chi connectivity index (χ0v) is 20.3. The number of carbonyl (C=O) groups excluding carboxylic acids is 4. The number of anilines is 1. The normalized spacial score (nSPS) is 16.6. The standard InChI is InChI=1S/C28H25FN4O5/c29-22-13-18(12-19-15-33(27(36)25(19)22)23-10-11-24(34)32-26(23)35)14-30-28(37)31-20-6-8-21(9-7-20)38-16-17-4-2-1-3-5-17/h1-9,12-13,23H,10-11,14-16H2,(H2,30,31,37)(H,32,34,35). The van der Waals surface area contributed by atoms with Gasteiger partial charge in [0.1, 0.15) is 24.2 Å². The lowest BCUT2D eigenvalue weighted by atomic mass is 10.0. The van der Waals surface area contributed by atoms with Crippen molar-refractivity contribution in [2.75, 3.05) is 5.32 Å². The van der Waals surface area contributed by atoms with Gasteiger partial charge in [0.25, 0.3) is 5.91 Å². The summed E-state index contributed by atoms with van der Waals surface area (Å²) in [6, 6.07) is 18.2. The number of fused-ring (bicyclic) bond motifs is 1. The minimum Gasteiger partial charge on any atom is -0.489 e. The van der Waals surface area contributed by atoms with Gasteiger partial charge in [-0.2, -0.15) is 0 Å². The number of amides is 5. The summed E-state index contributed by atoms with van der Waals surface area (Å²) in [6.45, 7) is 0.513. The second-order valence-corrected chi connectivity index (χ2v) is 9.12. The average molecular weight is 517 g/mol. The first-order valence-corrected chi connectivity index (χ1v) is 12.1. The molecule has 9 nitrogen and oxygen atoms in total. The number of ether oxygens (including phenoxy) is 1. The predicted molar refractivity (Wildman–Crippen MR) is 136 cm³/mol. The van der Waals surface area contributed by atoms with E-state index in [1.54, 1.807) is 30.3 Å². The highest BCUT2D eigenvalue weighted by Crippen LogP contribution is 2.30. The molecule has 0 aliphatic carbocycles. The molecule has 0 saturated carbocycles. The highest BCUT2D eigenvalue weighted by Gasteiger charge is 2.40. The second-order valence-electron chi connectivity index (χ2n) is 9.12. The first-order chi connectivity index (χ1) is 18.4. The van der Waals surface area contributed by atoms with Gasteiger partial charge < -0.3 is 20.3 Å². The zero-order chi connectivity index (χ0) is 26.6. The van der Waals surface area contributed by atoms with Crippen molar-refractivity contribution in [3.05, 3.63) is 94.8 Å². The van der Waals surface area contributed by atoms with Crippen LogP contribution in [0.4, 0.5) is 14.9 Å². The smallest absolute Gasteiger partial charge is 0.319 e. The zero-order valence-electron chi connectivity index (χ0n) is 20.3. The molecule has 194 valence electrons. The van der Waals surface area contributed by atoms with Crippen LogP contribution in [0.3, 0.4) is 0 Å². The molecule has 0 radical (unpaired) electrons. The van der Waals surface area contributed by atoms with Crippen molar-refractivity contribution in [2.45, 2.75) is 38.6 Å². The summed E-state index contributed by atoms with van der Waals surface area (Å²) >= 11 is 0. The number of rotatable bonds is 7. The Hall–Kier alpha value is -4.73. The number of nitrogens with one attached hydrogen (secondary N) is 3. The summed E-state index contributed by atoms with van der Waals surface area (Å²) in [5.41, 5.74) is 2.42. The van der Waals surface area contributed by atoms with E-state index in [1.165, 1.54) is 11.0 Å². The fourth-order valence-corrected chi connectivity index (χ4v) is 4.56. The first-order valence-electron chi connectivity index (χ1n) is 12.1. The van der Waals surface area contributed by atoms with Gasteiger partial charge in [-0.3, -0.25) is 19.7 Å². The second kappa shape index (κ2) is 10.7. The maximum absolute atomic E-state index is 14.8. The molecule has 0 aromatic heterocycles. The number of urea groups is 1. The molecule has 5 amide bonds. The number of halogens is 1. The van der Waals surface area contributed by atoms with Crippen LogP contribution < -0.4 is 20.7 Å². The molecule has 10 heteroatoms. The molecule has 3 aromatic carbocycles. The Morgan fingerprint density at radius 2 is 1.79 bits per heavy atom. The van der Waals surface area contributed by atoms with Crippen molar-refractivity contribution in [3.63, 3.8) is 0 Å². The molecular formula is C28H25FN4O5. The van der Waals surface area contributed by atoms with Crippen LogP contribution in [0.1, 0.15) is 39.9 Å². The molecular weight excluding hydrogens is 491 g/mol. The third-order valence-corrected chi connectivity index (χ3v) is 6.45. The molecule has 38 heavy (non-hydrogen) atoms.